The number of ether oxygens (including phenoxy) is 1. The van der Waals surface area contributed by atoms with Crippen molar-refractivity contribution in [3.63, 3.8) is 0 Å². The van der Waals surface area contributed by atoms with Crippen molar-refractivity contribution in [2.45, 2.75) is 6.61 Å². The monoisotopic (exact) mass is 518 g/mol. The van der Waals surface area contributed by atoms with Crippen molar-refractivity contribution in [1.82, 2.24) is 20.2 Å². The molecular weight excluding hydrogens is 496 g/mol. The van der Waals surface area contributed by atoms with Gasteiger partial charge in [-0.3, -0.25) is 14.9 Å². The molecule has 0 atom stereocenters. The maximum Gasteiger partial charge on any atom is 0.321 e. The van der Waals surface area contributed by atoms with Crippen LogP contribution in [0.5, 0.6) is 5.88 Å². The van der Waals surface area contributed by atoms with Gasteiger partial charge in [0, 0.05) is 43.3 Å². The second-order valence-electron chi connectivity index (χ2n) is 9.16. The normalized spacial score (nSPS) is 19.0. The number of urea groups is 1. The minimum Gasteiger partial charge on any atom is -0.469 e. The summed E-state index contributed by atoms with van der Waals surface area (Å²) in [4.78, 5) is 49.3. The Morgan fingerprint density at radius 2 is 1.95 bits per heavy atom. The molecule has 3 aliphatic rings. The Hall–Kier alpha value is -4.32. The molecule has 6 rings (SSSR count). The van der Waals surface area contributed by atoms with E-state index in [1.54, 1.807) is 35.4 Å². The molecule has 0 unspecified atom stereocenters. The van der Waals surface area contributed by atoms with Crippen LogP contribution in [0.15, 0.2) is 64.1 Å². The number of amides is 4. The number of furan rings is 1. The molecule has 3 saturated heterocycles. The van der Waals surface area contributed by atoms with Gasteiger partial charge >= 0.3 is 6.03 Å². The predicted molar refractivity (Wildman–Crippen MR) is 136 cm³/mol. The molecule has 4 amide bonds. The van der Waals surface area contributed by atoms with Crippen molar-refractivity contribution in [2.75, 3.05) is 36.4 Å². The number of aromatic nitrogens is 2. The summed E-state index contributed by atoms with van der Waals surface area (Å²) < 4.78 is 11.1. The van der Waals surface area contributed by atoms with Gasteiger partial charge in [0.2, 0.25) is 11.8 Å². The first kappa shape index (κ1) is 23.1. The van der Waals surface area contributed by atoms with Gasteiger partial charge in [-0.1, -0.05) is 18.2 Å². The minimum absolute atomic E-state index is 0.00530. The van der Waals surface area contributed by atoms with Crippen LogP contribution in [0.25, 0.3) is 6.08 Å². The molecule has 0 aliphatic carbocycles. The number of benzene rings is 1. The second-order valence-corrected chi connectivity index (χ2v) is 10.2. The maximum atomic E-state index is 12.5. The lowest BCUT2D eigenvalue weighted by Crippen LogP contribution is -2.73. The fourth-order valence-corrected chi connectivity index (χ4v) is 5.22. The van der Waals surface area contributed by atoms with E-state index in [9.17, 15) is 14.4 Å². The fraction of sp³-hybridized carbons (Fsp3) is 0.240. The summed E-state index contributed by atoms with van der Waals surface area (Å²) in [7, 11) is 0. The summed E-state index contributed by atoms with van der Waals surface area (Å²) in [5.41, 5.74) is 1.21. The molecule has 3 aliphatic heterocycles. The lowest BCUT2D eigenvalue weighted by Gasteiger charge is -2.59. The van der Waals surface area contributed by atoms with Gasteiger partial charge in [-0.25, -0.2) is 9.78 Å². The van der Waals surface area contributed by atoms with Crippen LogP contribution in [-0.2, 0) is 11.4 Å². The summed E-state index contributed by atoms with van der Waals surface area (Å²) in [5, 5.41) is 4.73. The Bertz CT molecular complexity index is 1380. The number of hydrogen-bond donors (Lipinski definition) is 2. The first-order chi connectivity index (χ1) is 17.9. The highest BCUT2D eigenvalue weighted by Crippen LogP contribution is 2.41. The minimum atomic E-state index is -0.459. The lowest BCUT2D eigenvalue weighted by molar-refractivity contribution is -0.115. The third-order valence-corrected chi connectivity index (χ3v) is 7.08. The summed E-state index contributed by atoms with van der Waals surface area (Å²) in [6.45, 7) is 2.85. The number of carbonyl (C=O) groups excluding carboxylic acids is 3. The van der Waals surface area contributed by atoms with E-state index in [-0.39, 0.29) is 23.0 Å². The molecule has 3 aromatic rings. The van der Waals surface area contributed by atoms with Gasteiger partial charge in [0.05, 0.1) is 16.9 Å². The number of para-hydroxylation sites is 1. The fourth-order valence-electron chi connectivity index (χ4n) is 4.55. The number of thioether (sulfide) groups is 1. The molecule has 3 fully saturated rings. The number of nitrogens with zero attached hydrogens (tertiary/aromatic N) is 4. The van der Waals surface area contributed by atoms with Crippen LogP contribution in [0.3, 0.4) is 0 Å². The van der Waals surface area contributed by atoms with Crippen LogP contribution in [0.4, 0.5) is 21.2 Å². The van der Waals surface area contributed by atoms with Crippen molar-refractivity contribution < 1.29 is 23.5 Å². The lowest BCUT2D eigenvalue weighted by atomic mass is 9.73. The van der Waals surface area contributed by atoms with Crippen molar-refractivity contribution in [1.29, 1.82) is 0 Å². The van der Waals surface area contributed by atoms with Crippen LogP contribution >= 0.6 is 11.8 Å². The van der Waals surface area contributed by atoms with Crippen LogP contribution in [0.2, 0.25) is 0 Å². The van der Waals surface area contributed by atoms with Crippen LogP contribution in [0.1, 0.15) is 11.5 Å². The van der Waals surface area contributed by atoms with E-state index in [2.05, 4.69) is 20.6 Å². The van der Waals surface area contributed by atoms with Crippen LogP contribution in [0, 0.1) is 5.41 Å². The Morgan fingerprint density at radius 1 is 1.14 bits per heavy atom. The Balaban J connectivity index is 1.14. The molecule has 0 saturated carbocycles. The number of imide groups is 1. The zero-order valence-corrected chi connectivity index (χ0v) is 20.4. The third kappa shape index (κ3) is 4.87. The van der Waals surface area contributed by atoms with Gasteiger partial charge < -0.3 is 24.3 Å². The smallest absolute Gasteiger partial charge is 0.321 e. The standard InChI is InChI=1S/C25H22N6O5S/c32-21-19(37-24(34)29-21)9-17-10-20(36-11-18-7-4-8-35-18)28-22(26-17)30-12-25(13-30)14-31(15-25)23(33)27-16-5-2-1-3-6-16/h1-10H,11-15H2,(H,27,33)(H,29,32,34)/b19-9-. The van der Waals surface area contributed by atoms with Gasteiger partial charge in [0.15, 0.2) is 0 Å². The third-order valence-electron chi connectivity index (χ3n) is 6.27. The van der Waals surface area contributed by atoms with Crippen molar-refractivity contribution >= 4 is 46.7 Å². The van der Waals surface area contributed by atoms with Crippen LogP contribution in [-0.4, -0.2) is 58.2 Å². The molecule has 0 radical (unpaired) electrons. The number of likely N-dealkylation sites (tertiary alicyclic amines) is 1. The average Bonchev–Trinajstić information content (AvgIpc) is 3.45. The number of anilines is 2. The van der Waals surface area contributed by atoms with Gasteiger partial charge in [-0.05, 0) is 42.1 Å². The number of nitrogens with one attached hydrogen (secondary N) is 2. The summed E-state index contributed by atoms with van der Waals surface area (Å²) in [6.07, 6.45) is 3.11. The molecule has 0 bridgehead atoms. The Morgan fingerprint density at radius 3 is 2.65 bits per heavy atom. The summed E-state index contributed by atoms with van der Waals surface area (Å²) >= 11 is 0.824. The first-order valence-electron chi connectivity index (χ1n) is 11.6. The molecule has 2 N–H and O–H groups in total. The van der Waals surface area contributed by atoms with E-state index in [0.29, 0.717) is 49.5 Å². The van der Waals surface area contributed by atoms with E-state index in [4.69, 9.17) is 9.15 Å². The SMILES string of the molecule is O=C1NC(=O)/C(=C/c2cc(OCc3ccco3)nc(N3CC4(CN(C(=O)Nc5ccccc5)C4)C3)n2)S1. The molecule has 1 aromatic carbocycles. The number of rotatable bonds is 6. The van der Waals surface area contributed by atoms with Crippen molar-refractivity contribution in [3.05, 3.63) is 71.2 Å². The van der Waals surface area contributed by atoms with E-state index in [1.807, 2.05) is 35.2 Å². The average molecular weight is 519 g/mol. The Kier molecular flexibility index (Phi) is 5.80. The van der Waals surface area contributed by atoms with Crippen LogP contribution < -0.4 is 20.3 Å². The molecule has 188 valence electrons. The molecule has 12 heteroatoms. The molecule has 11 nitrogen and oxygen atoms in total. The highest BCUT2D eigenvalue weighted by atomic mass is 32.2. The molecule has 2 aromatic heterocycles. The number of hydrogen-bond acceptors (Lipinski definition) is 9. The zero-order chi connectivity index (χ0) is 25.4. The second kappa shape index (κ2) is 9.28. The first-order valence-corrected chi connectivity index (χ1v) is 12.4. The molecule has 1 spiro atoms. The van der Waals surface area contributed by atoms with Crippen molar-refractivity contribution in [3.8, 4) is 5.88 Å². The van der Waals surface area contributed by atoms with Gasteiger partial charge in [-0.2, -0.15) is 4.98 Å². The Labute approximate surface area is 215 Å². The van der Waals surface area contributed by atoms with Gasteiger partial charge in [0.1, 0.15) is 12.4 Å². The quantitative estimate of drug-likeness (QED) is 0.472. The van der Waals surface area contributed by atoms with E-state index >= 15 is 0 Å². The van der Waals surface area contributed by atoms with E-state index < -0.39 is 11.1 Å². The molecular formula is C25H22N6O5S. The summed E-state index contributed by atoms with van der Waals surface area (Å²) in [6, 6.07) is 14.4. The van der Waals surface area contributed by atoms with E-state index in [0.717, 1.165) is 17.4 Å². The number of carbonyl (C=O) groups is 3. The zero-order valence-electron chi connectivity index (χ0n) is 19.5. The highest BCUT2D eigenvalue weighted by Gasteiger charge is 2.54. The molecule has 5 heterocycles. The highest BCUT2D eigenvalue weighted by molar-refractivity contribution is 8.18. The summed E-state index contributed by atoms with van der Waals surface area (Å²) in [5.74, 6) is 0.958. The largest absolute Gasteiger partial charge is 0.469 e. The van der Waals surface area contributed by atoms with Crippen molar-refractivity contribution in [2.24, 2.45) is 5.41 Å². The van der Waals surface area contributed by atoms with Gasteiger partial charge in [-0.15, -0.1) is 0 Å². The molecule has 37 heavy (non-hydrogen) atoms. The maximum absolute atomic E-state index is 12.5. The topological polar surface area (TPSA) is 130 Å². The van der Waals surface area contributed by atoms with E-state index in [1.165, 1.54) is 0 Å². The van der Waals surface area contributed by atoms with Gasteiger partial charge in [0.25, 0.3) is 11.1 Å². The predicted octanol–water partition coefficient (Wildman–Crippen LogP) is 3.33.